The molecule has 0 aromatic carbocycles. The van der Waals surface area contributed by atoms with Gasteiger partial charge in [0.05, 0.1) is 0 Å². The number of ether oxygens (including phenoxy) is 1. The molecule has 13 heavy (non-hydrogen) atoms. The van der Waals surface area contributed by atoms with Gasteiger partial charge in [0.2, 0.25) is 0 Å². The van der Waals surface area contributed by atoms with Gasteiger partial charge in [-0.3, -0.25) is 0 Å². The van der Waals surface area contributed by atoms with Crippen molar-refractivity contribution in [2.75, 3.05) is 7.11 Å². The van der Waals surface area contributed by atoms with E-state index < -0.39 is 20.8 Å². The second kappa shape index (κ2) is 5.16. The minimum absolute atomic E-state index is 0.492. The summed E-state index contributed by atoms with van der Waals surface area (Å²) in [5.41, 5.74) is 0. The summed E-state index contributed by atoms with van der Waals surface area (Å²) in [7, 11) is -0.554. The molecule has 0 saturated heterocycles. The average molecular weight is 204 g/mol. The van der Waals surface area contributed by atoms with E-state index in [1.54, 1.807) is 14.0 Å². The molecular weight excluding hydrogens is 188 g/mol. The number of esters is 1. The molecule has 0 heterocycles. The summed E-state index contributed by atoms with van der Waals surface area (Å²) in [6, 6.07) is 0. The van der Waals surface area contributed by atoms with Gasteiger partial charge in [-0.05, 0) is 20.0 Å². The van der Waals surface area contributed by atoms with Crippen LogP contribution in [0.2, 0.25) is 13.1 Å². The number of carbonyl (C=O) groups is 1. The van der Waals surface area contributed by atoms with Crippen LogP contribution >= 0.6 is 0 Å². The predicted molar refractivity (Wildman–Crippen MR) is 51.3 cm³/mol. The third-order valence-corrected chi connectivity index (χ3v) is 3.27. The lowest BCUT2D eigenvalue weighted by Gasteiger charge is -2.24. The Morgan fingerprint density at radius 1 is 1.54 bits per heavy atom. The van der Waals surface area contributed by atoms with Crippen molar-refractivity contribution >= 4 is 14.5 Å². The van der Waals surface area contributed by atoms with Crippen molar-refractivity contribution in [1.29, 1.82) is 0 Å². The van der Waals surface area contributed by atoms with Crippen LogP contribution < -0.4 is 0 Å². The standard InChI is InChI=1S/C8H16O4Si/c1-6-8(9)11-7(2)12-13(4,5)10-3/h6-7H,1H2,2-5H3. The van der Waals surface area contributed by atoms with Gasteiger partial charge in [0, 0.05) is 13.2 Å². The number of hydrogen-bond donors (Lipinski definition) is 0. The van der Waals surface area contributed by atoms with Crippen LogP contribution in [0.25, 0.3) is 0 Å². The number of hydrogen-bond acceptors (Lipinski definition) is 4. The first-order valence-electron chi connectivity index (χ1n) is 3.97. The summed E-state index contributed by atoms with van der Waals surface area (Å²) in [5, 5.41) is 0. The summed E-state index contributed by atoms with van der Waals surface area (Å²) in [5.74, 6) is -0.492. The molecule has 0 N–H and O–H groups in total. The lowest BCUT2D eigenvalue weighted by atomic mass is 10.6. The Kier molecular flexibility index (Phi) is 4.90. The zero-order valence-electron chi connectivity index (χ0n) is 8.49. The van der Waals surface area contributed by atoms with Crippen LogP contribution in [0.5, 0.6) is 0 Å². The SMILES string of the molecule is C=CC(=O)OC(C)O[Si](C)(C)OC. The van der Waals surface area contributed by atoms with Gasteiger partial charge in [-0.1, -0.05) is 6.58 Å². The monoisotopic (exact) mass is 204 g/mol. The fraction of sp³-hybridized carbons (Fsp3) is 0.625. The van der Waals surface area contributed by atoms with Gasteiger partial charge in [0.1, 0.15) is 0 Å². The first-order chi connectivity index (χ1) is 5.91. The smallest absolute Gasteiger partial charge is 0.334 e. The van der Waals surface area contributed by atoms with Gasteiger partial charge in [0.25, 0.3) is 0 Å². The molecule has 1 atom stereocenters. The maximum absolute atomic E-state index is 10.8. The van der Waals surface area contributed by atoms with E-state index >= 15 is 0 Å². The highest BCUT2D eigenvalue weighted by molar-refractivity contribution is 6.64. The summed E-state index contributed by atoms with van der Waals surface area (Å²) in [6.45, 7) is 8.66. The van der Waals surface area contributed by atoms with Crippen LogP contribution in [0.15, 0.2) is 12.7 Å². The lowest BCUT2D eigenvalue weighted by Crippen LogP contribution is -2.38. The van der Waals surface area contributed by atoms with E-state index in [2.05, 4.69) is 6.58 Å². The van der Waals surface area contributed by atoms with Gasteiger partial charge >= 0.3 is 14.5 Å². The number of carbonyl (C=O) groups excluding carboxylic acids is 1. The Hall–Kier alpha value is -0.653. The van der Waals surface area contributed by atoms with Gasteiger partial charge in [0.15, 0.2) is 6.29 Å². The molecule has 0 aromatic rings. The van der Waals surface area contributed by atoms with Crippen LogP contribution in [0.1, 0.15) is 6.92 Å². The summed E-state index contributed by atoms with van der Waals surface area (Å²) in [6.07, 6.45) is 0.508. The van der Waals surface area contributed by atoms with Crippen molar-refractivity contribution in [2.45, 2.75) is 26.3 Å². The Bertz CT molecular complexity index is 191. The van der Waals surface area contributed by atoms with Crippen molar-refractivity contribution in [3.05, 3.63) is 12.7 Å². The van der Waals surface area contributed by atoms with Crippen molar-refractivity contribution in [3.8, 4) is 0 Å². The quantitative estimate of drug-likeness (QED) is 0.294. The van der Waals surface area contributed by atoms with E-state index in [-0.39, 0.29) is 0 Å². The van der Waals surface area contributed by atoms with E-state index in [0.29, 0.717) is 0 Å². The second-order valence-electron chi connectivity index (χ2n) is 2.93. The molecule has 5 heteroatoms. The summed E-state index contributed by atoms with van der Waals surface area (Å²) in [4.78, 5) is 10.8. The summed E-state index contributed by atoms with van der Waals surface area (Å²) < 4.78 is 15.3. The molecule has 0 saturated carbocycles. The normalized spacial score (nSPS) is 13.5. The Balaban J connectivity index is 3.93. The molecule has 0 aromatic heterocycles. The molecule has 0 amide bonds. The molecule has 4 nitrogen and oxygen atoms in total. The maximum atomic E-state index is 10.8. The Morgan fingerprint density at radius 2 is 2.08 bits per heavy atom. The minimum atomic E-state index is -2.13. The molecule has 0 rings (SSSR count). The van der Waals surface area contributed by atoms with E-state index in [0.717, 1.165) is 6.08 Å². The highest BCUT2D eigenvalue weighted by Gasteiger charge is 2.26. The van der Waals surface area contributed by atoms with Crippen molar-refractivity contribution in [2.24, 2.45) is 0 Å². The average Bonchev–Trinajstić information content (AvgIpc) is 2.03. The Morgan fingerprint density at radius 3 is 2.46 bits per heavy atom. The van der Waals surface area contributed by atoms with E-state index in [4.69, 9.17) is 13.6 Å². The molecule has 0 spiro atoms. The minimum Gasteiger partial charge on any atom is -0.434 e. The molecule has 0 aliphatic rings. The Labute approximate surface area is 79.7 Å². The molecule has 0 bridgehead atoms. The molecule has 0 aliphatic carbocycles. The van der Waals surface area contributed by atoms with Gasteiger partial charge < -0.3 is 13.6 Å². The molecule has 0 aliphatic heterocycles. The molecule has 1 unspecified atom stereocenters. The first-order valence-corrected chi connectivity index (χ1v) is 6.79. The molecular formula is C8H16O4Si. The van der Waals surface area contributed by atoms with Crippen molar-refractivity contribution in [3.63, 3.8) is 0 Å². The van der Waals surface area contributed by atoms with Crippen LogP contribution in [0.3, 0.4) is 0 Å². The number of rotatable bonds is 5. The van der Waals surface area contributed by atoms with Gasteiger partial charge in [-0.15, -0.1) is 0 Å². The fourth-order valence-electron chi connectivity index (χ4n) is 0.684. The molecule has 0 radical (unpaired) electrons. The first kappa shape index (κ1) is 12.3. The second-order valence-corrected chi connectivity index (χ2v) is 6.37. The van der Waals surface area contributed by atoms with Gasteiger partial charge in [-0.25, -0.2) is 4.79 Å². The molecule has 0 fully saturated rings. The summed E-state index contributed by atoms with van der Waals surface area (Å²) >= 11 is 0. The molecule has 76 valence electrons. The largest absolute Gasteiger partial charge is 0.434 e. The van der Waals surface area contributed by atoms with Gasteiger partial charge in [-0.2, -0.15) is 0 Å². The van der Waals surface area contributed by atoms with Crippen molar-refractivity contribution in [1.82, 2.24) is 0 Å². The van der Waals surface area contributed by atoms with E-state index in [1.165, 1.54) is 0 Å². The lowest BCUT2D eigenvalue weighted by molar-refractivity contribution is -0.157. The van der Waals surface area contributed by atoms with Crippen LogP contribution in [0, 0.1) is 0 Å². The van der Waals surface area contributed by atoms with E-state index in [9.17, 15) is 4.79 Å². The van der Waals surface area contributed by atoms with Crippen LogP contribution in [-0.2, 0) is 18.4 Å². The topological polar surface area (TPSA) is 44.8 Å². The predicted octanol–water partition coefficient (Wildman–Crippen LogP) is 1.43. The zero-order chi connectivity index (χ0) is 10.5. The highest BCUT2D eigenvalue weighted by atomic mass is 28.4. The fourth-order valence-corrected chi connectivity index (χ4v) is 1.63. The zero-order valence-corrected chi connectivity index (χ0v) is 9.49. The third-order valence-electron chi connectivity index (χ3n) is 1.39. The third kappa shape index (κ3) is 5.56. The maximum Gasteiger partial charge on any atom is 0.334 e. The highest BCUT2D eigenvalue weighted by Crippen LogP contribution is 2.09. The van der Waals surface area contributed by atoms with Crippen molar-refractivity contribution < 1.29 is 18.4 Å². The van der Waals surface area contributed by atoms with E-state index in [1.807, 2.05) is 13.1 Å². The van der Waals surface area contributed by atoms with Crippen LogP contribution in [0.4, 0.5) is 0 Å². The van der Waals surface area contributed by atoms with Crippen LogP contribution in [-0.4, -0.2) is 27.9 Å².